The van der Waals surface area contributed by atoms with E-state index in [0.29, 0.717) is 10.7 Å². The van der Waals surface area contributed by atoms with Gasteiger partial charge in [0, 0.05) is 5.75 Å². The topological polar surface area (TPSA) is 49.4 Å². The van der Waals surface area contributed by atoms with Gasteiger partial charge in [0.25, 0.3) is 0 Å². The summed E-state index contributed by atoms with van der Waals surface area (Å²) in [6.07, 6.45) is -5.54. The van der Waals surface area contributed by atoms with Gasteiger partial charge in [0.1, 0.15) is 6.04 Å². The van der Waals surface area contributed by atoms with Gasteiger partial charge in [-0.2, -0.15) is 13.2 Å². The Morgan fingerprint density at radius 1 is 1.11 bits per heavy atom. The number of thioether (sulfide) groups is 1. The summed E-state index contributed by atoms with van der Waals surface area (Å²) < 4.78 is 40.8. The summed E-state index contributed by atoms with van der Waals surface area (Å²) in [5.41, 5.74) is 1.25. The van der Waals surface area contributed by atoms with E-state index in [4.69, 9.17) is 0 Å². The molecule has 2 aromatic rings. The minimum Gasteiger partial charge on any atom is -0.324 e. The molecule has 0 spiro atoms. The van der Waals surface area contributed by atoms with Crippen molar-refractivity contribution >= 4 is 35.0 Å². The largest absolute Gasteiger partial charge is 0.409 e. The number of halogens is 3. The molecule has 1 aliphatic heterocycles. The molecule has 4 nitrogen and oxygen atoms in total. The van der Waals surface area contributed by atoms with Crippen LogP contribution in [0.2, 0.25) is 0 Å². The van der Waals surface area contributed by atoms with E-state index in [1.165, 1.54) is 23.9 Å². The summed E-state index contributed by atoms with van der Waals surface area (Å²) in [4.78, 5) is 25.4. The van der Waals surface area contributed by atoms with Crippen molar-refractivity contribution in [3.63, 3.8) is 0 Å². The molecule has 0 bridgehead atoms. The Labute approximate surface area is 158 Å². The van der Waals surface area contributed by atoms with E-state index < -0.39 is 30.5 Å². The van der Waals surface area contributed by atoms with E-state index in [1.54, 1.807) is 12.1 Å². The molecule has 0 radical (unpaired) electrons. The van der Waals surface area contributed by atoms with Crippen LogP contribution < -0.4 is 10.2 Å². The molecule has 3 rings (SSSR count). The normalized spacial score (nSPS) is 17.1. The number of benzene rings is 2. The second-order valence-electron chi connectivity index (χ2n) is 6.07. The van der Waals surface area contributed by atoms with Crippen LogP contribution in [-0.2, 0) is 15.3 Å². The molecule has 142 valence electrons. The van der Waals surface area contributed by atoms with Crippen LogP contribution in [-0.4, -0.2) is 29.8 Å². The highest BCUT2D eigenvalue weighted by atomic mass is 32.2. The first-order chi connectivity index (χ1) is 12.9. The van der Waals surface area contributed by atoms with Crippen LogP contribution in [0.3, 0.4) is 0 Å². The number of carbonyl (C=O) groups excluding carboxylic acids is 2. The number of nitrogens with zero attached hydrogens (tertiary/aromatic N) is 1. The summed E-state index contributed by atoms with van der Waals surface area (Å²) in [5, 5.41) is 2.45. The Kier molecular flexibility index (Phi) is 5.74. The molecule has 1 N–H and O–H groups in total. The number of hydrogen-bond donors (Lipinski definition) is 1. The standard InChI is InChI=1S/C19H17F3N2O2S/c20-19(21,22)16-10-17(25)23-14-8-4-5-9-15(14)24(16)18(26)12-27-11-13-6-2-1-3-7-13/h1-9,16H,10-12H2,(H,23,25)/t16-/m1/s1. The lowest BCUT2D eigenvalue weighted by molar-refractivity contribution is -0.157. The van der Waals surface area contributed by atoms with Gasteiger partial charge < -0.3 is 5.32 Å². The molecule has 0 saturated heterocycles. The van der Waals surface area contributed by atoms with Crippen LogP contribution in [0.25, 0.3) is 0 Å². The molecular weight excluding hydrogens is 377 g/mol. The molecule has 0 saturated carbocycles. The van der Waals surface area contributed by atoms with Crippen LogP contribution in [0.5, 0.6) is 0 Å². The van der Waals surface area contributed by atoms with Crippen molar-refractivity contribution < 1.29 is 22.8 Å². The van der Waals surface area contributed by atoms with Gasteiger partial charge in [-0.15, -0.1) is 11.8 Å². The Morgan fingerprint density at radius 3 is 2.48 bits per heavy atom. The number of carbonyl (C=O) groups is 2. The zero-order valence-electron chi connectivity index (χ0n) is 14.2. The minimum absolute atomic E-state index is 0.0657. The summed E-state index contributed by atoms with van der Waals surface area (Å²) in [6, 6.07) is 13.2. The highest BCUT2D eigenvalue weighted by Gasteiger charge is 2.48. The molecule has 27 heavy (non-hydrogen) atoms. The summed E-state index contributed by atoms with van der Waals surface area (Å²) in [5.74, 6) is -1.06. The average molecular weight is 394 g/mol. The van der Waals surface area contributed by atoms with E-state index in [-0.39, 0.29) is 17.1 Å². The smallest absolute Gasteiger partial charge is 0.324 e. The fraction of sp³-hybridized carbons (Fsp3) is 0.263. The molecule has 2 aromatic carbocycles. The van der Waals surface area contributed by atoms with Crippen molar-refractivity contribution in [1.82, 2.24) is 0 Å². The van der Waals surface area contributed by atoms with Crippen LogP contribution in [0.1, 0.15) is 12.0 Å². The fourth-order valence-electron chi connectivity index (χ4n) is 2.90. The van der Waals surface area contributed by atoms with Gasteiger partial charge in [0.15, 0.2) is 0 Å². The molecule has 1 heterocycles. The van der Waals surface area contributed by atoms with Crippen molar-refractivity contribution in [2.45, 2.75) is 24.4 Å². The van der Waals surface area contributed by atoms with E-state index in [2.05, 4.69) is 5.32 Å². The van der Waals surface area contributed by atoms with Crippen molar-refractivity contribution in [2.75, 3.05) is 16.0 Å². The minimum atomic E-state index is -4.71. The molecule has 2 amide bonds. The summed E-state index contributed by atoms with van der Waals surface area (Å²) in [6.45, 7) is 0. The van der Waals surface area contributed by atoms with E-state index in [0.717, 1.165) is 5.56 Å². The number of fused-ring (bicyclic) bond motifs is 1. The Hall–Kier alpha value is -2.48. The maximum absolute atomic E-state index is 13.6. The molecule has 0 fully saturated rings. The second-order valence-corrected chi connectivity index (χ2v) is 7.05. The predicted octanol–water partition coefficient (Wildman–Crippen LogP) is 4.23. The Balaban J connectivity index is 1.84. The van der Waals surface area contributed by atoms with Gasteiger partial charge in [-0.25, -0.2) is 0 Å². The number of para-hydroxylation sites is 2. The summed E-state index contributed by atoms with van der Waals surface area (Å²) >= 11 is 1.24. The van der Waals surface area contributed by atoms with Gasteiger partial charge in [0.05, 0.1) is 23.5 Å². The molecule has 8 heteroatoms. The quantitative estimate of drug-likeness (QED) is 0.845. The van der Waals surface area contributed by atoms with E-state index in [1.807, 2.05) is 30.3 Å². The third-order valence-electron chi connectivity index (χ3n) is 4.11. The zero-order valence-corrected chi connectivity index (χ0v) is 15.0. The average Bonchev–Trinajstić information content (AvgIpc) is 2.78. The number of nitrogens with one attached hydrogen (secondary N) is 1. The monoisotopic (exact) mass is 394 g/mol. The first-order valence-electron chi connectivity index (χ1n) is 8.25. The van der Waals surface area contributed by atoms with Crippen molar-refractivity contribution in [3.05, 3.63) is 60.2 Å². The maximum Gasteiger partial charge on any atom is 0.409 e. The number of amides is 2. The Morgan fingerprint density at radius 2 is 1.78 bits per heavy atom. The lowest BCUT2D eigenvalue weighted by Gasteiger charge is -2.31. The molecule has 0 aromatic heterocycles. The second kappa shape index (κ2) is 8.04. The third-order valence-corrected chi connectivity index (χ3v) is 5.10. The molecular formula is C19H17F3N2O2S. The van der Waals surface area contributed by atoms with Crippen LogP contribution in [0.15, 0.2) is 54.6 Å². The first-order valence-corrected chi connectivity index (χ1v) is 9.41. The number of anilines is 2. The van der Waals surface area contributed by atoms with Gasteiger partial charge in [-0.3, -0.25) is 14.5 Å². The van der Waals surface area contributed by atoms with Gasteiger partial charge in [-0.05, 0) is 17.7 Å². The third kappa shape index (κ3) is 4.63. The number of alkyl halides is 3. The van der Waals surface area contributed by atoms with Crippen LogP contribution in [0.4, 0.5) is 24.5 Å². The fourth-order valence-corrected chi connectivity index (χ4v) is 3.74. The maximum atomic E-state index is 13.6. The lowest BCUT2D eigenvalue weighted by Crippen LogP contribution is -2.50. The summed E-state index contributed by atoms with van der Waals surface area (Å²) in [7, 11) is 0. The molecule has 1 atom stereocenters. The molecule has 0 aliphatic carbocycles. The first kappa shape index (κ1) is 19.3. The van der Waals surface area contributed by atoms with Crippen LogP contribution in [0, 0.1) is 0 Å². The van der Waals surface area contributed by atoms with E-state index >= 15 is 0 Å². The van der Waals surface area contributed by atoms with E-state index in [9.17, 15) is 22.8 Å². The SMILES string of the molecule is O=C1C[C@H](C(F)(F)F)N(C(=O)CSCc2ccccc2)c2ccccc2N1. The van der Waals surface area contributed by atoms with Gasteiger partial charge >= 0.3 is 6.18 Å². The van der Waals surface area contributed by atoms with Crippen molar-refractivity contribution in [2.24, 2.45) is 0 Å². The zero-order chi connectivity index (χ0) is 19.4. The molecule has 1 aliphatic rings. The van der Waals surface area contributed by atoms with Gasteiger partial charge in [-0.1, -0.05) is 42.5 Å². The van der Waals surface area contributed by atoms with Crippen LogP contribution >= 0.6 is 11.8 Å². The number of hydrogen-bond acceptors (Lipinski definition) is 3. The predicted molar refractivity (Wildman–Crippen MR) is 99.6 cm³/mol. The molecule has 0 unspecified atom stereocenters. The lowest BCUT2D eigenvalue weighted by atomic mass is 10.1. The van der Waals surface area contributed by atoms with Crippen molar-refractivity contribution in [3.8, 4) is 0 Å². The Bertz CT molecular complexity index is 827. The highest BCUT2D eigenvalue weighted by Crippen LogP contribution is 2.38. The highest BCUT2D eigenvalue weighted by molar-refractivity contribution is 7.99. The van der Waals surface area contributed by atoms with Gasteiger partial charge in [0.2, 0.25) is 11.8 Å². The van der Waals surface area contributed by atoms with Crippen molar-refractivity contribution in [1.29, 1.82) is 0 Å². The number of rotatable bonds is 4.